The van der Waals surface area contributed by atoms with Crippen LogP contribution in [0.1, 0.15) is 32.0 Å². The van der Waals surface area contributed by atoms with Crippen molar-refractivity contribution in [1.29, 1.82) is 0 Å². The Bertz CT molecular complexity index is 1070. The van der Waals surface area contributed by atoms with Gasteiger partial charge >= 0.3 is 5.97 Å². The summed E-state index contributed by atoms with van der Waals surface area (Å²) in [6.07, 6.45) is 0. The van der Waals surface area contributed by atoms with Crippen LogP contribution in [-0.2, 0) is 0 Å². The van der Waals surface area contributed by atoms with Crippen molar-refractivity contribution in [2.75, 3.05) is 5.32 Å². The van der Waals surface area contributed by atoms with E-state index in [9.17, 15) is 9.59 Å². The van der Waals surface area contributed by atoms with Crippen molar-refractivity contribution in [3.05, 3.63) is 77.0 Å². The molecule has 0 unspecified atom stereocenters. The van der Waals surface area contributed by atoms with Crippen LogP contribution < -0.4 is 10.6 Å². The average molecular weight is 394 g/mol. The van der Waals surface area contributed by atoms with Crippen molar-refractivity contribution in [3.63, 3.8) is 0 Å². The van der Waals surface area contributed by atoms with Crippen molar-refractivity contribution < 1.29 is 19.1 Å². The van der Waals surface area contributed by atoms with Gasteiger partial charge in [-0.25, -0.2) is 4.79 Å². The molecule has 1 heterocycles. The number of rotatable bonds is 4. The van der Waals surface area contributed by atoms with E-state index in [1.54, 1.807) is 30.3 Å². The highest BCUT2D eigenvalue weighted by Crippen LogP contribution is 2.27. The summed E-state index contributed by atoms with van der Waals surface area (Å²) in [6, 6.07) is 15.7. The molecule has 1 aromatic heterocycles. The zero-order chi connectivity index (χ0) is 20.3. The molecule has 3 aromatic rings. The number of furan rings is 1. The maximum absolute atomic E-state index is 12.3. The quantitative estimate of drug-likeness (QED) is 0.569. The summed E-state index contributed by atoms with van der Waals surface area (Å²) >= 11 is 5.22. The SMILES string of the molecule is Cc1cccc(C(=O)NC(=S)Nc2ccc(-c3ccc(C(=O)O)o3)c(C)c2)c1. The maximum atomic E-state index is 12.3. The first-order valence-corrected chi connectivity index (χ1v) is 8.87. The molecular weight excluding hydrogens is 376 g/mol. The number of hydrogen-bond acceptors (Lipinski definition) is 4. The summed E-state index contributed by atoms with van der Waals surface area (Å²) in [6.45, 7) is 3.79. The zero-order valence-electron chi connectivity index (χ0n) is 15.3. The van der Waals surface area contributed by atoms with Crippen LogP contribution in [0.3, 0.4) is 0 Å². The first kappa shape index (κ1) is 19.3. The van der Waals surface area contributed by atoms with E-state index in [1.165, 1.54) is 6.07 Å². The van der Waals surface area contributed by atoms with Crippen molar-refractivity contribution in [2.24, 2.45) is 0 Å². The van der Waals surface area contributed by atoms with Gasteiger partial charge in [-0.3, -0.25) is 10.1 Å². The summed E-state index contributed by atoms with van der Waals surface area (Å²) in [7, 11) is 0. The maximum Gasteiger partial charge on any atom is 0.371 e. The molecule has 0 fully saturated rings. The fraction of sp³-hybridized carbons (Fsp3) is 0.0952. The Morgan fingerprint density at radius 1 is 1.04 bits per heavy atom. The Kier molecular flexibility index (Phi) is 5.56. The van der Waals surface area contributed by atoms with Gasteiger partial charge in [0.05, 0.1) is 0 Å². The molecule has 0 aliphatic rings. The molecule has 3 rings (SSSR count). The standard InChI is InChI=1S/C21H18N2O4S/c1-12-4-3-5-14(10-12)19(24)23-21(28)22-15-6-7-16(13(2)11-15)17-8-9-18(27-17)20(25)26/h3-11H,1-2H3,(H,25,26)(H2,22,23,24,28). The van der Waals surface area contributed by atoms with Gasteiger partial charge in [0.25, 0.3) is 5.91 Å². The van der Waals surface area contributed by atoms with Crippen LogP contribution in [0.4, 0.5) is 5.69 Å². The summed E-state index contributed by atoms with van der Waals surface area (Å²) in [4.78, 5) is 23.2. The molecule has 0 aliphatic carbocycles. The summed E-state index contributed by atoms with van der Waals surface area (Å²) in [5, 5.41) is 14.8. The smallest absolute Gasteiger partial charge is 0.371 e. The highest BCUT2D eigenvalue weighted by atomic mass is 32.1. The van der Waals surface area contributed by atoms with Crippen molar-refractivity contribution >= 4 is 34.9 Å². The first-order chi connectivity index (χ1) is 13.3. The van der Waals surface area contributed by atoms with E-state index in [0.29, 0.717) is 17.0 Å². The number of thiocarbonyl (C=S) groups is 1. The molecule has 0 atom stereocenters. The number of benzene rings is 2. The normalized spacial score (nSPS) is 10.4. The van der Waals surface area contributed by atoms with Gasteiger partial charge in [0.1, 0.15) is 5.76 Å². The second kappa shape index (κ2) is 8.06. The third-order valence-corrected chi connectivity index (χ3v) is 4.28. The predicted octanol–water partition coefficient (Wildman–Crippen LogP) is 4.39. The number of amides is 1. The molecule has 0 bridgehead atoms. The van der Waals surface area contributed by atoms with Crippen LogP contribution in [0.5, 0.6) is 0 Å². The molecule has 0 saturated carbocycles. The first-order valence-electron chi connectivity index (χ1n) is 8.46. The minimum absolute atomic E-state index is 0.114. The molecule has 142 valence electrons. The molecule has 1 amide bonds. The molecule has 28 heavy (non-hydrogen) atoms. The van der Waals surface area contributed by atoms with Crippen molar-refractivity contribution in [2.45, 2.75) is 13.8 Å². The Labute approximate surface area is 167 Å². The number of carboxylic acid groups (broad SMARTS) is 1. The van der Waals surface area contributed by atoms with E-state index in [4.69, 9.17) is 21.7 Å². The van der Waals surface area contributed by atoms with Crippen LogP contribution >= 0.6 is 12.2 Å². The van der Waals surface area contributed by atoms with Crippen LogP contribution in [0.15, 0.2) is 59.0 Å². The number of carboxylic acids is 1. The number of nitrogens with one attached hydrogen (secondary N) is 2. The summed E-state index contributed by atoms with van der Waals surface area (Å²) < 4.78 is 5.34. The van der Waals surface area contributed by atoms with Crippen LogP contribution in [-0.4, -0.2) is 22.1 Å². The van der Waals surface area contributed by atoms with Gasteiger partial charge in [-0.15, -0.1) is 0 Å². The van der Waals surface area contributed by atoms with E-state index in [2.05, 4.69) is 10.6 Å². The molecular formula is C21H18N2O4S. The zero-order valence-corrected chi connectivity index (χ0v) is 16.1. The molecule has 7 heteroatoms. The van der Waals surface area contributed by atoms with Gasteiger partial charge in [0, 0.05) is 16.8 Å². The number of aryl methyl sites for hydroxylation is 2. The molecule has 0 aliphatic heterocycles. The Hall–Kier alpha value is -3.45. The van der Waals surface area contributed by atoms with Crippen LogP contribution in [0.25, 0.3) is 11.3 Å². The fourth-order valence-electron chi connectivity index (χ4n) is 2.74. The molecule has 0 saturated heterocycles. The number of anilines is 1. The number of carbonyl (C=O) groups excluding carboxylic acids is 1. The summed E-state index contributed by atoms with van der Waals surface area (Å²) in [5.74, 6) is -1.04. The number of carbonyl (C=O) groups is 2. The lowest BCUT2D eigenvalue weighted by Gasteiger charge is -2.12. The van der Waals surface area contributed by atoms with Gasteiger partial charge in [0.15, 0.2) is 5.11 Å². The average Bonchev–Trinajstić information content (AvgIpc) is 3.12. The highest BCUT2D eigenvalue weighted by Gasteiger charge is 2.13. The minimum atomic E-state index is -1.11. The lowest BCUT2D eigenvalue weighted by Crippen LogP contribution is -2.34. The van der Waals surface area contributed by atoms with Gasteiger partial charge in [-0.1, -0.05) is 17.7 Å². The van der Waals surface area contributed by atoms with E-state index < -0.39 is 5.97 Å². The highest BCUT2D eigenvalue weighted by molar-refractivity contribution is 7.80. The Morgan fingerprint density at radius 3 is 2.46 bits per heavy atom. The molecule has 0 spiro atoms. The third-order valence-electron chi connectivity index (χ3n) is 4.07. The lowest BCUT2D eigenvalue weighted by molar-refractivity contribution is 0.0663. The Balaban J connectivity index is 1.69. The van der Waals surface area contributed by atoms with Gasteiger partial charge in [-0.05, 0) is 74.1 Å². The minimum Gasteiger partial charge on any atom is -0.475 e. The largest absolute Gasteiger partial charge is 0.475 e. The van der Waals surface area contributed by atoms with Crippen LogP contribution in [0.2, 0.25) is 0 Å². The third kappa shape index (κ3) is 4.44. The van der Waals surface area contributed by atoms with E-state index >= 15 is 0 Å². The van der Waals surface area contributed by atoms with E-state index in [0.717, 1.165) is 16.7 Å². The van der Waals surface area contributed by atoms with Gasteiger partial charge in [-0.2, -0.15) is 0 Å². The van der Waals surface area contributed by atoms with Crippen molar-refractivity contribution in [1.82, 2.24) is 5.32 Å². The number of aromatic carboxylic acids is 1. The molecule has 2 aromatic carbocycles. The number of hydrogen-bond donors (Lipinski definition) is 3. The molecule has 3 N–H and O–H groups in total. The topological polar surface area (TPSA) is 91.6 Å². The predicted molar refractivity (Wildman–Crippen MR) is 111 cm³/mol. The molecule has 6 nitrogen and oxygen atoms in total. The summed E-state index contributed by atoms with van der Waals surface area (Å²) in [5.41, 5.74) is 3.85. The second-order valence-corrected chi connectivity index (χ2v) is 6.68. The van der Waals surface area contributed by atoms with E-state index in [-0.39, 0.29) is 16.8 Å². The second-order valence-electron chi connectivity index (χ2n) is 6.28. The van der Waals surface area contributed by atoms with Crippen LogP contribution in [0, 0.1) is 13.8 Å². The lowest BCUT2D eigenvalue weighted by atomic mass is 10.1. The van der Waals surface area contributed by atoms with Crippen molar-refractivity contribution in [3.8, 4) is 11.3 Å². The monoisotopic (exact) mass is 394 g/mol. The van der Waals surface area contributed by atoms with E-state index in [1.807, 2.05) is 32.0 Å². The van der Waals surface area contributed by atoms with Gasteiger partial charge < -0.3 is 14.8 Å². The van der Waals surface area contributed by atoms with Gasteiger partial charge in [0.2, 0.25) is 5.76 Å². The Morgan fingerprint density at radius 2 is 1.82 bits per heavy atom. The molecule has 0 radical (unpaired) electrons. The fourth-order valence-corrected chi connectivity index (χ4v) is 2.95.